The summed E-state index contributed by atoms with van der Waals surface area (Å²) in [5.74, 6) is 0. The standard InChI is InChI=1S/C21H45NO/c1-3-4-5-6-7-8-9-10-11-12-13-14-15-16-17-18-19-22(2)20-21-23/h23H,3-21H2,1-2H3. The van der Waals surface area contributed by atoms with Crippen LogP contribution < -0.4 is 0 Å². The highest BCUT2D eigenvalue weighted by Gasteiger charge is 1.97. The summed E-state index contributed by atoms with van der Waals surface area (Å²) in [6, 6.07) is 0. The molecule has 0 saturated heterocycles. The van der Waals surface area contributed by atoms with Crippen molar-refractivity contribution in [2.75, 3.05) is 26.7 Å². The van der Waals surface area contributed by atoms with Gasteiger partial charge in [-0.05, 0) is 20.0 Å². The van der Waals surface area contributed by atoms with Crippen molar-refractivity contribution in [3.05, 3.63) is 0 Å². The first kappa shape index (κ1) is 22.9. The maximum absolute atomic E-state index is 8.83. The van der Waals surface area contributed by atoms with Gasteiger partial charge in [0.2, 0.25) is 0 Å². The summed E-state index contributed by atoms with van der Waals surface area (Å²) >= 11 is 0. The summed E-state index contributed by atoms with van der Waals surface area (Å²) in [6.07, 6.45) is 22.8. The Kier molecular flexibility index (Phi) is 19.9. The van der Waals surface area contributed by atoms with Gasteiger partial charge < -0.3 is 10.0 Å². The Bertz CT molecular complexity index is 208. The molecule has 0 rings (SSSR count). The quantitative estimate of drug-likeness (QED) is 0.287. The Labute approximate surface area is 147 Å². The van der Waals surface area contributed by atoms with Crippen LogP contribution in [0, 0.1) is 0 Å². The van der Waals surface area contributed by atoms with E-state index in [1.54, 1.807) is 0 Å². The largest absolute Gasteiger partial charge is 0.395 e. The zero-order valence-electron chi connectivity index (χ0n) is 16.3. The van der Waals surface area contributed by atoms with Crippen LogP contribution in [-0.2, 0) is 0 Å². The van der Waals surface area contributed by atoms with Gasteiger partial charge in [0.15, 0.2) is 0 Å². The molecule has 23 heavy (non-hydrogen) atoms. The SMILES string of the molecule is CCCCCCCCCCCCCCCCCCN(C)CCO. The number of rotatable bonds is 19. The van der Waals surface area contributed by atoms with Crippen LogP contribution in [0.5, 0.6) is 0 Å². The third-order valence-corrected chi connectivity index (χ3v) is 4.88. The molecule has 140 valence electrons. The third kappa shape index (κ3) is 19.9. The zero-order valence-corrected chi connectivity index (χ0v) is 16.3. The maximum Gasteiger partial charge on any atom is 0.0558 e. The Morgan fingerprint density at radius 1 is 0.522 bits per heavy atom. The summed E-state index contributed by atoms with van der Waals surface area (Å²) in [4.78, 5) is 2.23. The molecule has 1 N–H and O–H groups in total. The van der Waals surface area contributed by atoms with Gasteiger partial charge in [0.05, 0.1) is 6.61 Å². The highest BCUT2D eigenvalue weighted by Crippen LogP contribution is 2.13. The van der Waals surface area contributed by atoms with Crippen molar-refractivity contribution in [1.29, 1.82) is 0 Å². The number of aliphatic hydroxyl groups excluding tert-OH is 1. The fourth-order valence-corrected chi connectivity index (χ4v) is 3.21. The molecule has 0 unspecified atom stereocenters. The molecule has 0 amide bonds. The predicted molar refractivity (Wildman–Crippen MR) is 104 cm³/mol. The minimum atomic E-state index is 0.287. The van der Waals surface area contributed by atoms with E-state index in [1.165, 1.54) is 103 Å². The molecule has 0 aromatic heterocycles. The molecule has 2 heteroatoms. The van der Waals surface area contributed by atoms with Gasteiger partial charge in [-0.3, -0.25) is 0 Å². The normalized spacial score (nSPS) is 11.5. The van der Waals surface area contributed by atoms with Gasteiger partial charge in [-0.1, -0.05) is 103 Å². The molecule has 0 aliphatic carbocycles. The van der Waals surface area contributed by atoms with Crippen LogP contribution in [-0.4, -0.2) is 36.8 Å². The number of nitrogens with zero attached hydrogens (tertiary/aromatic N) is 1. The second kappa shape index (κ2) is 20.0. The molecule has 0 aromatic rings. The lowest BCUT2D eigenvalue weighted by molar-refractivity contribution is 0.219. The molecule has 0 atom stereocenters. The van der Waals surface area contributed by atoms with Crippen LogP contribution in [0.3, 0.4) is 0 Å². The van der Waals surface area contributed by atoms with E-state index >= 15 is 0 Å². The summed E-state index contributed by atoms with van der Waals surface area (Å²) in [5.41, 5.74) is 0. The average Bonchev–Trinajstić information content (AvgIpc) is 2.54. The van der Waals surface area contributed by atoms with Crippen LogP contribution in [0.2, 0.25) is 0 Å². The average molecular weight is 328 g/mol. The van der Waals surface area contributed by atoms with Crippen molar-refractivity contribution in [1.82, 2.24) is 4.90 Å². The molecule has 0 saturated carbocycles. The molecule has 0 fully saturated rings. The Hall–Kier alpha value is -0.0800. The van der Waals surface area contributed by atoms with Gasteiger partial charge in [-0.25, -0.2) is 0 Å². The highest BCUT2D eigenvalue weighted by molar-refractivity contribution is 4.53. The van der Waals surface area contributed by atoms with Crippen molar-refractivity contribution in [2.24, 2.45) is 0 Å². The molecular formula is C21H45NO. The number of unbranched alkanes of at least 4 members (excludes halogenated alkanes) is 15. The van der Waals surface area contributed by atoms with E-state index in [1.807, 2.05) is 0 Å². The monoisotopic (exact) mass is 327 g/mol. The smallest absolute Gasteiger partial charge is 0.0558 e. The fourth-order valence-electron chi connectivity index (χ4n) is 3.21. The second-order valence-electron chi connectivity index (χ2n) is 7.33. The van der Waals surface area contributed by atoms with Gasteiger partial charge >= 0.3 is 0 Å². The zero-order chi connectivity index (χ0) is 17.0. The molecule has 0 aliphatic heterocycles. The van der Waals surface area contributed by atoms with E-state index in [0.29, 0.717) is 0 Å². The van der Waals surface area contributed by atoms with E-state index < -0.39 is 0 Å². The van der Waals surface area contributed by atoms with Gasteiger partial charge in [-0.2, -0.15) is 0 Å². The van der Waals surface area contributed by atoms with E-state index in [9.17, 15) is 0 Å². The first-order valence-electron chi connectivity index (χ1n) is 10.6. The second-order valence-corrected chi connectivity index (χ2v) is 7.33. The van der Waals surface area contributed by atoms with Crippen LogP contribution in [0.4, 0.5) is 0 Å². The van der Waals surface area contributed by atoms with E-state index in [-0.39, 0.29) is 6.61 Å². The summed E-state index contributed by atoms with van der Waals surface area (Å²) < 4.78 is 0. The highest BCUT2D eigenvalue weighted by atomic mass is 16.3. The van der Waals surface area contributed by atoms with E-state index in [0.717, 1.165) is 13.1 Å². The Balaban J connectivity index is 3.00. The van der Waals surface area contributed by atoms with Gasteiger partial charge in [0, 0.05) is 6.54 Å². The van der Waals surface area contributed by atoms with Gasteiger partial charge in [-0.15, -0.1) is 0 Å². The van der Waals surface area contributed by atoms with Crippen molar-refractivity contribution in [3.8, 4) is 0 Å². The van der Waals surface area contributed by atoms with Gasteiger partial charge in [0.1, 0.15) is 0 Å². The summed E-state index contributed by atoms with van der Waals surface area (Å²) in [6.45, 7) is 4.53. The van der Waals surface area contributed by atoms with E-state index in [2.05, 4.69) is 18.9 Å². The molecule has 0 radical (unpaired) electrons. The molecule has 0 spiro atoms. The number of hydrogen-bond acceptors (Lipinski definition) is 2. The molecule has 0 aliphatic rings. The van der Waals surface area contributed by atoms with Crippen LogP contribution in [0.1, 0.15) is 110 Å². The van der Waals surface area contributed by atoms with Crippen molar-refractivity contribution < 1.29 is 5.11 Å². The molecule has 0 bridgehead atoms. The third-order valence-electron chi connectivity index (χ3n) is 4.88. The Morgan fingerprint density at radius 3 is 1.22 bits per heavy atom. The lowest BCUT2D eigenvalue weighted by Crippen LogP contribution is -2.23. The minimum Gasteiger partial charge on any atom is -0.395 e. The summed E-state index contributed by atoms with van der Waals surface area (Å²) in [7, 11) is 2.10. The minimum absolute atomic E-state index is 0.287. The first-order valence-corrected chi connectivity index (χ1v) is 10.6. The fraction of sp³-hybridized carbons (Fsp3) is 1.00. The number of aliphatic hydroxyl groups is 1. The van der Waals surface area contributed by atoms with Crippen molar-refractivity contribution in [3.63, 3.8) is 0 Å². The lowest BCUT2D eigenvalue weighted by atomic mass is 10.0. The number of likely N-dealkylation sites (N-methyl/N-ethyl adjacent to an activating group) is 1. The predicted octanol–water partition coefficient (Wildman–Crippen LogP) is 6.17. The molecular weight excluding hydrogens is 282 g/mol. The summed E-state index contributed by atoms with van der Waals surface area (Å²) in [5, 5.41) is 8.83. The van der Waals surface area contributed by atoms with Gasteiger partial charge in [0.25, 0.3) is 0 Å². The van der Waals surface area contributed by atoms with Crippen molar-refractivity contribution >= 4 is 0 Å². The maximum atomic E-state index is 8.83. The van der Waals surface area contributed by atoms with E-state index in [4.69, 9.17) is 5.11 Å². The van der Waals surface area contributed by atoms with Crippen molar-refractivity contribution in [2.45, 2.75) is 110 Å². The molecule has 2 nitrogen and oxygen atoms in total. The van der Waals surface area contributed by atoms with Crippen LogP contribution in [0.15, 0.2) is 0 Å². The number of hydrogen-bond donors (Lipinski definition) is 1. The first-order chi connectivity index (χ1) is 11.3. The van der Waals surface area contributed by atoms with Crippen LogP contribution in [0.25, 0.3) is 0 Å². The van der Waals surface area contributed by atoms with Crippen LogP contribution >= 0.6 is 0 Å². The molecule has 0 heterocycles. The Morgan fingerprint density at radius 2 is 0.870 bits per heavy atom. The topological polar surface area (TPSA) is 23.5 Å². The lowest BCUT2D eigenvalue weighted by Gasteiger charge is -2.14. The molecule has 0 aromatic carbocycles.